The Morgan fingerprint density at radius 1 is 1.21 bits per heavy atom. The van der Waals surface area contributed by atoms with Crippen LogP contribution >= 0.6 is 34.5 Å². The van der Waals surface area contributed by atoms with Gasteiger partial charge in [0.2, 0.25) is 4.96 Å². The van der Waals surface area contributed by atoms with Gasteiger partial charge in [-0.1, -0.05) is 46.7 Å². The van der Waals surface area contributed by atoms with E-state index in [1.807, 2.05) is 25.1 Å². The largest absolute Gasteiger partial charge is 0.479 e. The van der Waals surface area contributed by atoms with Crippen LogP contribution in [0.5, 0.6) is 5.75 Å². The summed E-state index contributed by atoms with van der Waals surface area (Å²) in [4.78, 5) is 13.3. The second kappa shape index (κ2) is 7.98. The SMILES string of the molecule is Cc1nnc2sc(-c3cccc(NC(=O)C(C)Oc4ccc(Cl)cc4Cl)c3)nn12. The van der Waals surface area contributed by atoms with Crippen molar-refractivity contribution in [2.45, 2.75) is 20.0 Å². The molecule has 29 heavy (non-hydrogen) atoms. The van der Waals surface area contributed by atoms with Gasteiger partial charge in [-0.25, -0.2) is 0 Å². The number of halogens is 2. The molecule has 1 atom stereocenters. The van der Waals surface area contributed by atoms with Crippen LogP contribution < -0.4 is 10.1 Å². The van der Waals surface area contributed by atoms with Crippen LogP contribution in [0, 0.1) is 6.92 Å². The summed E-state index contributed by atoms with van der Waals surface area (Å²) in [6.45, 7) is 3.49. The fraction of sp³-hybridized carbons (Fsp3) is 0.158. The number of nitrogens with one attached hydrogen (secondary N) is 1. The van der Waals surface area contributed by atoms with Crippen molar-refractivity contribution in [3.63, 3.8) is 0 Å². The van der Waals surface area contributed by atoms with E-state index in [1.165, 1.54) is 11.3 Å². The normalized spacial score (nSPS) is 12.1. The molecule has 10 heteroatoms. The third-order valence-corrected chi connectivity index (χ3v) is 5.57. The zero-order chi connectivity index (χ0) is 20.5. The fourth-order valence-electron chi connectivity index (χ4n) is 2.62. The summed E-state index contributed by atoms with van der Waals surface area (Å²) in [5.74, 6) is 0.809. The van der Waals surface area contributed by atoms with Gasteiger partial charge in [0.25, 0.3) is 5.91 Å². The predicted octanol–water partition coefficient (Wildman–Crippen LogP) is 4.87. The lowest BCUT2D eigenvalue weighted by atomic mass is 10.2. The van der Waals surface area contributed by atoms with Gasteiger partial charge >= 0.3 is 0 Å². The Balaban J connectivity index is 1.48. The van der Waals surface area contributed by atoms with Crippen molar-refractivity contribution in [1.82, 2.24) is 19.8 Å². The van der Waals surface area contributed by atoms with Gasteiger partial charge in [-0.05, 0) is 44.2 Å². The third-order valence-electron chi connectivity index (χ3n) is 4.09. The van der Waals surface area contributed by atoms with Crippen LogP contribution in [0.1, 0.15) is 12.7 Å². The highest BCUT2D eigenvalue weighted by atomic mass is 35.5. The number of ether oxygens (including phenoxy) is 1. The maximum Gasteiger partial charge on any atom is 0.265 e. The molecule has 4 rings (SSSR count). The van der Waals surface area contributed by atoms with Crippen LogP contribution in [0.4, 0.5) is 5.69 Å². The summed E-state index contributed by atoms with van der Waals surface area (Å²) in [5, 5.41) is 17.1. The number of fused-ring (bicyclic) bond motifs is 1. The number of carbonyl (C=O) groups excluding carboxylic acids is 1. The zero-order valence-electron chi connectivity index (χ0n) is 15.4. The molecule has 148 valence electrons. The number of aromatic nitrogens is 4. The van der Waals surface area contributed by atoms with E-state index < -0.39 is 6.10 Å². The van der Waals surface area contributed by atoms with Crippen molar-refractivity contribution in [1.29, 1.82) is 0 Å². The highest BCUT2D eigenvalue weighted by Gasteiger charge is 2.17. The lowest BCUT2D eigenvalue weighted by Crippen LogP contribution is -2.30. The number of aryl methyl sites for hydroxylation is 1. The molecule has 0 spiro atoms. The molecule has 1 amide bonds. The van der Waals surface area contributed by atoms with E-state index in [4.69, 9.17) is 27.9 Å². The first-order valence-corrected chi connectivity index (χ1v) is 10.2. The molecule has 0 aliphatic carbocycles. The Hall–Kier alpha value is -2.68. The number of nitrogens with zero attached hydrogens (tertiary/aromatic N) is 4. The van der Waals surface area contributed by atoms with Crippen molar-refractivity contribution >= 4 is 51.1 Å². The van der Waals surface area contributed by atoms with E-state index in [0.29, 0.717) is 26.4 Å². The summed E-state index contributed by atoms with van der Waals surface area (Å²) in [7, 11) is 0. The second-order valence-corrected chi connectivity index (χ2v) is 8.05. The average molecular weight is 448 g/mol. The molecule has 0 aliphatic heterocycles. The van der Waals surface area contributed by atoms with Crippen LogP contribution in [-0.2, 0) is 4.79 Å². The van der Waals surface area contributed by atoms with Gasteiger partial charge in [0.15, 0.2) is 11.9 Å². The van der Waals surface area contributed by atoms with Gasteiger partial charge in [0, 0.05) is 16.3 Å². The summed E-state index contributed by atoms with van der Waals surface area (Å²) in [6, 6.07) is 12.3. The molecule has 0 radical (unpaired) electrons. The Morgan fingerprint density at radius 3 is 2.79 bits per heavy atom. The molecule has 0 saturated carbocycles. The van der Waals surface area contributed by atoms with Crippen LogP contribution in [-0.4, -0.2) is 31.8 Å². The predicted molar refractivity (Wildman–Crippen MR) is 114 cm³/mol. The fourth-order valence-corrected chi connectivity index (χ4v) is 3.95. The molecule has 2 heterocycles. The van der Waals surface area contributed by atoms with Gasteiger partial charge in [-0.3, -0.25) is 4.79 Å². The maximum absolute atomic E-state index is 12.5. The minimum Gasteiger partial charge on any atom is -0.479 e. The first-order chi connectivity index (χ1) is 13.9. The number of hydrogen-bond donors (Lipinski definition) is 1. The zero-order valence-corrected chi connectivity index (χ0v) is 17.7. The number of carbonyl (C=O) groups is 1. The quantitative estimate of drug-likeness (QED) is 0.471. The summed E-state index contributed by atoms with van der Waals surface area (Å²) in [5.41, 5.74) is 1.50. The highest BCUT2D eigenvalue weighted by molar-refractivity contribution is 7.19. The van der Waals surface area contributed by atoms with E-state index in [0.717, 1.165) is 16.4 Å². The molecule has 0 fully saturated rings. The standard InChI is InChI=1S/C19H15Cl2N5O2S/c1-10(28-16-7-6-13(20)9-15(16)21)17(27)22-14-5-3-4-12(8-14)18-25-26-11(2)23-24-19(26)29-18/h3-10H,1-2H3,(H,22,27). The Morgan fingerprint density at radius 2 is 2.03 bits per heavy atom. The molecular weight excluding hydrogens is 433 g/mol. The smallest absolute Gasteiger partial charge is 0.265 e. The molecule has 2 aromatic heterocycles. The van der Waals surface area contributed by atoms with Gasteiger partial charge in [-0.2, -0.15) is 9.61 Å². The van der Waals surface area contributed by atoms with E-state index in [1.54, 1.807) is 35.7 Å². The minimum absolute atomic E-state index is 0.304. The molecule has 0 bridgehead atoms. The number of hydrogen-bond acceptors (Lipinski definition) is 6. The highest BCUT2D eigenvalue weighted by Crippen LogP contribution is 2.29. The van der Waals surface area contributed by atoms with E-state index in [-0.39, 0.29) is 5.91 Å². The first-order valence-electron chi connectivity index (χ1n) is 8.62. The van der Waals surface area contributed by atoms with Gasteiger partial charge in [0.05, 0.1) is 5.02 Å². The van der Waals surface area contributed by atoms with Crippen molar-refractivity contribution < 1.29 is 9.53 Å². The first kappa shape index (κ1) is 19.6. The lowest BCUT2D eigenvalue weighted by molar-refractivity contribution is -0.122. The van der Waals surface area contributed by atoms with Gasteiger partial charge in [0.1, 0.15) is 10.8 Å². The minimum atomic E-state index is -0.755. The molecule has 2 aromatic carbocycles. The number of benzene rings is 2. The summed E-state index contributed by atoms with van der Waals surface area (Å²) in [6.07, 6.45) is -0.755. The van der Waals surface area contributed by atoms with Crippen LogP contribution in [0.15, 0.2) is 42.5 Å². The van der Waals surface area contributed by atoms with E-state index in [9.17, 15) is 4.79 Å². The van der Waals surface area contributed by atoms with E-state index >= 15 is 0 Å². The van der Waals surface area contributed by atoms with Crippen LogP contribution in [0.2, 0.25) is 10.0 Å². The Bertz CT molecular complexity index is 1210. The Labute approximate surface area is 180 Å². The monoisotopic (exact) mass is 447 g/mol. The molecule has 0 aliphatic rings. The van der Waals surface area contributed by atoms with Crippen molar-refractivity contribution in [2.24, 2.45) is 0 Å². The van der Waals surface area contributed by atoms with Crippen LogP contribution in [0.25, 0.3) is 15.5 Å². The molecule has 1 unspecified atom stereocenters. The van der Waals surface area contributed by atoms with E-state index in [2.05, 4.69) is 20.6 Å². The maximum atomic E-state index is 12.5. The second-order valence-electron chi connectivity index (χ2n) is 6.25. The summed E-state index contributed by atoms with van der Waals surface area (Å²) >= 11 is 13.4. The topological polar surface area (TPSA) is 81.4 Å². The molecule has 4 aromatic rings. The van der Waals surface area contributed by atoms with Gasteiger partial charge in [-0.15, -0.1) is 10.2 Å². The van der Waals surface area contributed by atoms with Crippen molar-refractivity contribution in [2.75, 3.05) is 5.32 Å². The Kier molecular flexibility index (Phi) is 5.40. The number of rotatable bonds is 5. The molecule has 7 nitrogen and oxygen atoms in total. The lowest BCUT2D eigenvalue weighted by Gasteiger charge is -2.16. The summed E-state index contributed by atoms with van der Waals surface area (Å²) < 4.78 is 7.35. The average Bonchev–Trinajstić information content (AvgIpc) is 3.26. The third kappa shape index (κ3) is 4.19. The molecule has 0 saturated heterocycles. The van der Waals surface area contributed by atoms with Gasteiger partial charge < -0.3 is 10.1 Å². The van der Waals surface area contributed by atoms with Crippen molar-refractivity contribution in [3.8, 4) is 16.3 Å². The molecular formula is C19H15Cl2N5O2S. The van der Waals surface area contributed by atoms with Crippen LogP contribution in [0.3, 0.4) is 0 Å². The molecule has 1 N–H and O–H groups in total. The number of anilines is 1. The number of amides is 1. The van der Waals surface area contributed by atoms with Crippen molar-refractivity contribution in [3.05, 3.63) is 58.3 Å².